The first-order valence-electron chi connectivity index (χ1n) is 5.57. The minimum absolute atomic E-state index is 0.278. The van der Waals surface area contributed by atoms with Crippen molar-refractivity contribution in [3.63, 3.8) is 0 Å². The van der Waals surface area contributed by atoms with Gasteiger partial charge in [0.1, 0.15) is 6.07 Å². The normalized spacial score (nSPS) is 9.85. The summed E-state index contributed by atoms with van der Waals surface area (Å²) in [5.41, 5.74) is 7.21. The van der Waals surface area contributed by atoms with Gasteiger partial charge in [0, 0.05) is 11.3 Å². The molecule has 2 aromatic rings. The maximum Gasteiger partial charge on any atom is 0.255 e. The van der Waals surface area contributed by atoms with Gasteiger partial charge < -0.3 is 11.1 Å². The van der Waals surface area contributed by atoms with Crippen molar-refractivity contribution in [3.8, 4) is 6.07 Å². The molecule has 0 spiro atoms. The predicted octanol–water partition coefficient (Wildman–Crippen LogP) is 3.70. The number of hydrogen-bond acceptors (Lipinski definition) is 3. The monoisotopic (exact) mass is 305 g/mol. The summed E-state index contributed by atoms with van der Waals surface area (Å²) in [6.45, 7) is 0. The Kier molecular flexibility index (Phi) is 4.14. The standard InChI is InChI=1S/C14H9Cl2N3O/c15-11-6-10(3-1-9(11)7-17)19-14(20)8-2-4-13(18)12(16)5-8/h1-6H,18H2,(H,19,20). The highest BCUT2D eigenvalue weighted by Crippen LogP contribution is 2.22. The first-order chi connectivity index (χ1) is 9.51. The predicted molar refractivity (Wildman–Crippen MR) is 80.0 cm³/mol. The summed E-state index contributed by atoms with van der Waals surface area (Å²) in [4.78, 5) is 12.0. The molecule has 0 aromatic heterocycles. The average Bonchev–Trinajstić information content (AvgIpc) is 2.42. The summed E-state index contributed by atoms with van der Waals surface area (Å²) in [6.07, 6.45) is 0. The third-order valence-electron chi connectivity index (χ3n) is 2.61. The van der Waals surface area contributed by atoms with E-state index in [4.69, 9.17) is 34.2 Å². The number of benzene rings is 2. The second kappa shape index (κ2) is 5.83. The molecule has 0 bridgehead atoms. The van der Waals surface area contributed by atoms with Crippen LogP contribution in [0.25, 0.3) is 0 Å². The molecule has 0 radical (unpaired) electrons. The van der Waals surface area contributed by atoms with Crippen LogP contribution in [0.5, 0.6) is 0 Å². The lowest BCUT2D eigenvalue weighted by Gasteiger charge is -2.07. The molecule has 0 aliphatic heterocycles. The molecule has 0 saturated carbocycles. The lowest BCUT2D eigenvalue weighted by molar-refractivity contribution is 0.102. The molecule has 2 rings (SSSR count). The van der Waals surface area contributed by atoms with Crippen molar-refractivity contribution in [1.82, 2.24) is 0 Å². The van der Waals surface area contributed by atoms with E-state index in [1.54, 1.807) is 18.2 Å². The number of rotatable bonds is 2. The Morgan fingerprint density at radius 3 is 2.50 bits per heavy atom. The Labute approximate surface area is 125 Å². The van der Waals surface area contributed by atoms with Crippen LogP contribution in [0.4, 0.5) is 11.4 Å². The van der Waals surface area contributed by atoms with Crippen molar-refractivity contribution in [2.45, 2.75) is 0 Å². The molecule has 0 saturated heterocycles. The lowest BCUT2D eigenvalue weighted by atomic mass is 10.1. The van der Waals surface area contributed by atoms with Crippen molar-refractivity contribution in [2.75, 3.05) is 11.1 Å². The van der Waals surface area contributed by atoms with E-state index >= 15 is 0 Å². The Hall–Kier alpha value is -2.22. The van der Waals surface area contributed by atoms with E-state index in [0.29, 0.717) is 27.5 Å². The van der Waals surface area contributed by atoms with Crippen LogP contribution < -0.4 is 11.1 Å². The molecule has 4 nitrogen and oxygen atoms in total. The number of anilines is 2. The van der Waals surface area contributed by atoms with Crippen molar-refractivity contribution < 1.29 is 4.79 Å². The highest BCUT2D eigenvalue weighted by molar-refractivity contribution is 6.33. The Morgan fingerprint density at radius 1 is 1.15 bits per heavy atom. The topological polar surface area (TPSA) is 78.9 Å². The SMILES string of the molecule is N#Cc1ccc(NC(=O)c2ccc(N)c(Cl)c2)cc1Cl. The molecule has 0 aliphatic rings. The zero-order valence-electron chi connectivity index (χ0n) is 10.2. The van der Waals surface area contributed by atoms with Gasteiger partial charge in [-0.2, -0.15) is 5.26 Å². The molecule has 20 heavy (non-hydrogen) atoms. The third kappa shape index (κ3) is 3.02. The average molecular weight is 306 g/mol. The van der Waals surface area contributed by atoms with E-state index < -0.39 is 0 Å². The number of halogens is 2. The van der Waals surface area contributed by atoms with Gasteiger partial charge in [0.2, 0.25) is 0 Å². The number of nitriles is 1. The summed E-state index contributed by atoms with van der Waals surface area (Å²) >= 11 is 11.8. The van der Waals surface area contributed by atoms with E-state index in [9.17, 15) is 4.79 Å². The summed E-state index contributed by atoms with van der Waals surface area (Å²) in [7, 11) is 0. The summed E-state index contributed by atoms with van der Waals surface area (Å²) < 4.78 is 0. The highest BCUT2D eigenvalue weighted by atomic mass is 35.5. The number of nitrogens with two attached hydrogens (primary N) is 1. The quantitative estimate of drug-likeness (QED) is 0.830. The summed E-state index contributed by atoms with van der Waals surface area (Å²) in [6, 6.07) is 11.2. The Bertz CT molecular complexity index is 723. The zero-order valence-corrected chi connectivity index (χ0v) is 11.7. The largest absolute Gasteiger partial charge is 0.398 e. The van der Waals surface area contributed by atoms with Gasteiger partial charge in [0.05, 0.1) is 21.3 Å². The van der Waals surface area contributed by atoms with Crippen LogP contribution in [0.1, 0.15) is 15.9 Å². The number of nitrogens with one attached hydrogen (secondary N) is 1. The summed E-state index contributed by atoms with van der Waals surface area (Å²) in [5.74, 6) is -0.340. The van der Waals surface area contributed by atoms with E-state index in [0.717, 1.165) is 0 Å². The lowest BCUT2D eigenvalue weighted by Crippen LogP contribution is -2.12. The number of carbonyl (C=O) groups is 1. The van der Waals surface area contributed by atoms with Gasteiger partial charge in [-0.3, -0.25) is 4.79 Å². The molecule has 100 valence electrons. The smallest absolute Gasteiger partial charge is 0.255 e. The third-order valence-corrected chi connectivity index (χ3v) is 3.25. The van der Waals surface area contributed by atoms with E-state index in [-0.39, 0.29) is 10.9 Å². The van der Waals surface area contributed by atoms with Gasteiger partial charge in [-0.15, -0.1) is 0 Å². The zero-order chi connectivity index (χ0) is 14.7. The molecule has 1 amide bonds. The minimum atomic E-state index is -0.340. The van der Waals surface area contributed by atoms with Gasteiger partial charge >= 0.3 is 0 Å². The van der Waals surface area contributed by atoms with Crippen LogP contribution in [0.15, 0.2) is 36.4 Å². The molecule has 0 atom stereocenters. The van der Waals surface area contributed by atoms with E-state index in [2.05, 4.69) is 5.32 Å². The van der Waals surface area contributed by atoms with Crippen LogP contribution in [0, 0.1) is 11.3 Å². The fourth-order valence-electron chi connectivity index (χ4n) is 1.56. The fraction of sp³-hybridized carbons (Fsp3) is 0. The van der Waals surface area contributed by atoms with Crippen molar-refractivity contribution in [1.29, 1.82) is 5.26 Å². The summed E-state index contributed by atoms with van der Waals surface area (Å²) in [5, 5.41) is 12.0. The van der Waals surface area contributed by atoms with Crippen LogP contribution in [0.3, 0.4) is 0 Å². The molecule has 3 N–H and O–H groups in total. The molecule has 0 aliphatic carbocycles. The molecule has 0 fully saturated rings. The van der Waals surface area contributed by atoms with Crippen LogP contribution >= 0.6 is 23.2 Å². The molecule has 6 heteroatoms. The van der Waals surface area contributed by atoms with Gasteiger partial charge in [-0.1, -0.05) is 23.2 Å². The molecular formula is C14H9Cl2N3O. The second-order valence-electron chi connectivity index (χ2n) is 4.00. The number of nitrogen functional groups attached to an aromatic ring is 1. The van der Waals surface area contributed by atoms with Crippen LogP contribution in [-0.2, 0) is 0 Å². The van der Waals surface area contributed by atoms with Gasteiger partial charge in [0.15, 0.2) is 0 Å². The minimum Gasteiger partial charge on any atom is -0.398 e. The first kappa shape index (κ1) is 14.2. The molecule has 0 unspecified atom stereocenters. The van der Waals surface area contributed by atoms with E-state index in [1.807, 2.05) is 6.07 Å². The maximum absolute atomic E-state index is 12.0. The van der Waals surface area contributed by atoms with Crippen LogP contribution in [-0.4, -0.2) is 5.91 Å². The Balaban J connectivity index is 2.21. The maximum atomic E-state index is 12.0. The van der Waals surface area contributed by atoms with Crippen molar-refractivity contribution in [2.24, 2.45) is 0 Å². The number of amides is 1. The van der Waals surface area contributed by atoms with E-state index in [1.165, 1.54) is 18.2 Å². The Morgan fingerprint density at radius 2 is 1.90 bits per heavy atom. The molecular weight excluding hydrogens is 297 g/mol. The second-order valence-corrected chi connectivity index (χ2v) is 4.81. The molecule has 2 aromatic carbocycles. The van der Waals surface area contributed by atoms with Crippen molar-refractivity contribution >= 4 is 40.5 Å². The number of carbonyl (C=O) groups excluding carboxylic acids is 1. The van der Waals surface area contributed by atoms with Gasteiger partial charge in [0.25, 0.3) is 5.91 Å². The highest BCUT2D eigenvalue weighted by Gasteiger charge is 2.09. The van der Waals surface area contributed by atoms with Gasteiger partial charge in [-0.25, -0.2) is 0 Å². The number of nitrogens with zero attached hydrogens (tertiary/aromatic N) is 1. The van der Waals surface area contributed by atoms with Crippen LogP contribution in [0.2, 0.25) is 10.0 Å². The van der Waals surface area contributed by atoms with Crippen molar-refractivity contribution in [3.05, 3.63) is 57.6 Å². The molecule has 0 heterocycles. The van der Waals surface area contributed by atoms with Gasteiger partial charge in [-0.05, 0) is 36.4 Å². The first-order valence-corrected chi connectivity index (χ1v) is 6.33. The fourth-order valence-corrected chi connectivity index (χ4v) is 1.96. The number of hydrogen-bond donors (Lipinski definition) is 2.